The molecule has 5 aromatic rings. The standard InChI is InChI=1S/C42H34/c1-2-15-37-36(34-21-9-11-22-38(34)41(37)26-13-14-27-41)28-30-24-25-35-33-20-10-12-23-39(33)42(40(35)29-30,31-16-5-3-6-17-31)32-18-7-4-8-19-32/h2-12,15-25,28-29H,1,13-14,26-27H2/b36-28-,37-15+. The van der Waals surface area contributed by atoms with Crippen molar-refractivity contribution in [2.75, 3.05) is 0 Å². The van der Waals surface area contributed by atoms with Crippen LogP contribution in [0.1, 0.15) is 64.6 Å². The van der Waals surface area contributed by atoms with Gasteiger partial charge in [-0.05, 0) is 86.2 Å². The minimum atomic E-state index is -0.386. The molecule has 0 saturated heterocycles. The highest BCUT2D eigenvalue weighted by Gasteiger charge is 2.48. The zero-order chi connectivity index (χ0) is 28.1. The number of benzene rings is 5. The van der Waals surface area contributed by atoms with Crippen LogP contribution in [-0.4, -0.2) is 0 Å². The average molecular weight is 539 g/mol. The molecule has 5 aromatic carbocycles. The van der Waals surface area contributed by atoms with Gasteiger partial charge in [-0.3, -0.25) is 0 Å². The number of fused-ring (bicyclic) bond motifs is 5. The molecule has 3 aliphatic carbocycles. The molecule has 1 saturated carbocycles. The first-order valence-corrected chi connectivity index (χ1v) is 15.3. The molecule has 0 N–H and O–H groups in total. The van der Waals surface area contributed by atoms with Crippen molar-refractivity contribution in [2.24, 2.45) is 0 Å². The van der Waals surface area contributed by atoms with Crippen LogP contribution in [0.4, 0.5) is 0 Å². The highest BCUT2D eigenvalue weighted by atomic mass is 14.5. The molecule has 3 aliphatic rings. The fourth-order valence-corrected chi connectivity index (χ4v) is 8.44. The Morgan fingerprint density at radius 1 is 0.548 bits per heavy atom. The highest BCUT2D eigenvalue weighted by Crippen LogP contribution is 2.59. The quantitative estimate of drug-likeness (QED) is 0.209. The van der Waals surface area contributed by atoms with Gasteiger partial charge in [0, 0.05) is 5.41 Å². The Hall–Kier alpha value is -4.68. The first-order valence-electron chi connectivity index (χ1n) is 15.3. The lowest BCUT2D eigenvalue weighted by Crippen LogP contribution is -2.28. The summed E-state index contributed by atoms with van der Waals surface area (Å²) >= 11 is 0. The Labute approximate surface area is 249 Å². The molecule has 0 unspecified atom stereocenters. The normalized spacial score (nSPS) is 19.1. The molecule has 0 bridgehead atoms. The van der Waals surface area contributed by atoms with E-state index in [1.165, 1.54) is 86.9 Å². The van der Waals surface area contributed by atoms with Gasteiger partial charge in [0.2, 0.25) is 0 Å². The molecule has 1 fully saturated rings. The molecule has 0 heterocycles. The van der Waals surface area contributed by atoms with Crippen molar-refractivity contribution < 1.29 is 0 Å². The maximum Gasteiger partial charge on any atom is 0.0713 e. The number of hydrogen-bond acceptors (Lipinski definition) is 0. The fraction of sp³-hybridized carbons (Fsp3) is 0.143. The molecule has 0 amide bonds. The van der Waals surface area contributed by atoms with Crippen LogP contribution >= 0.6 is 0 Å². The van der Waals surface area contributed by atoms with Gasteiger partial charge in [0.25, 0.3) is 0 Å². The van der Waals surface area contributed by atoms with Crippen molar-refractivity contribution in [1.29, 1.82) is 0 Å². The van der Waals surface area contributed by atoms with Crippen molar-refractivity contribution in [1.82, 2.24) is 0 Å². The van der Waals surface area contributed by atoms with Gasteiger partial charge in [-0.15, -0.1) is 0 Å². The zero-order valence-corrected chi connectivity index (χ0v) is 23.9. The van der Waals surface area contributed by atoms with Crippen molar-refractivity contribution in [2.45, 2.75) is 36.5 Å². The van der Waals surface area contributed by atoms with E-state index < -0.39 is 0 Å². The van der Waals surface area contributed by atoms with E-state index in [0.717, 1.165) is 0 Å². The van der Waals surface area contributed by atoms with E-state index in [2.05, 4.69) is 146 Å². The largest absolute Gasteiger partial charge is 0.0991 e. The third-order valence-corrected chi connectivity index (χ3v) is 10.1. The smallest absolute Gasteiger partial charge is 0.0713 e. The topological polar surface area (TPSA) is 0 Å². The molecule has 202 valence electrons. The second-order valence-corrected chi connectivity index (χ2v) is 12.0. The Morgan fingerprint density at radius 2 is 1.12 bits per heavy atom. The first-order chi connectivity index (χ1) is 20.8. The van der Waals surface area contributed by atoms with Crippen LogP contribution in [0.25, 0.3) is 22.8 Å². The van der Waals surface area contributed by atoms with Crippen LogP contribution in [-0.2, 0) is 10.8 Å². The molecule has 0 aromatic heterocycles. The van der Waals surface area contributed by atoms with Crippen molar-refractivity contribution in [3.63, 3.8) is 0 Å². The Balaban J connectivity index is 1.40. The van der Waals surface area contributed by atoms with Gasteiger partial charge in [0.1, 0.15) is 0 Å². The predicted molar refractivity (Wildman–Crippen MR) is 176 cm³/mol. The maximum atomic E-state index is 4.14. The molecular weight excluding hydrogens is 504 g/mol. The van der Waals surface area contributed by atoms with E-state index in [0.29, 0.717) is 0 Å². The lowest BCUT2D eigenvalue weighted by atomic mass is 9.67. The Kier molecular flexibility index (Phi) is 5.79. The fourth-order valence-electron chi connectivity index (χ4n) is 8.44. The summed E-state index contributed by atoms with van der Waals surface area (Å²) in [5, 5.41) is 0. The summed E-state index contributed by atoms with van der Waals surface area (Å²) in [5.74, 6) is 0. The number of rotatable bonds is 4. The summed E-state index contributed by atoms with van der Waals surface area (Å²) < 4.78 is 0. The van der Waals surface area contributed by atoms with Crippen molar-refractivity contribution >= 4 is 11.6 Å². The molecule has 8 rings (SSSR count). The average Bonchev–Trinajstić information content (AvgIpc) is 3.72. The van der Waals surface area contributed by atoms with Crippen molar-refractivity contribution in [3.05, 3.63) is 191 Å². The minimum Gasteiger partial charge on any atom is -0.0991 e. The predicted octanol–water partition coefficient (Wildman–Crippen LogP) is 10.5. The summed E-state index contributed by atoms with van der Waals surface area (Å²) in [4.78, 5) is 0. The van der Waals surface area contributed by atoms with Gasteiger partial charge in [-0.2, -0.15) is 0 Å². The van der Waals surface area contributed by atoms with Crippen LogP contribution in [0.15, 0.2) is 152 Å². The monoisotopic (exact) mass is 538 g/mol. The summed E-state index contributed by atoms with van der Waals surface area (Å²) in [5.41, 5.74) is 14.6. The van der Waals surface area contributed by atoms with Gasteiger partial charge in [0.05, 0.1) is 5.41 Å². The van der Waals surface area contributed by atoms with Gasteiger partial charge in [-0.1, -0.05) is 153 Å². The summed E-state index contributed by atoms with van der Waals surface area (Å²) in [6, 6.07) is 47.4. The van der Waals surface area contributed by atoms with E-state index in [1.54, 1.807) is 0 Å². The van der Waals surface area contributed by atoms with Crippen LogP contribution in [0.5, 0.6) is 0 Å². The third kappa shape index (κ3) is 3.42. The molecule has 0 radical (unpaired) electrons. The summed E-state index contributed by atoms with van der Waals surface area (Å²) in [7, 11) is 0. The van der Waals surface area contributed by atoms with E-state index in [9.17, 15) is 0 Å². The van der Waals surface area contributed by atoms with E-state index in [1.807, 2.05) is 6.08 Å². The molecular formula is C42H34. The van der Waals surface area contributed by atoms with Crippen LogP contribution in [0.3, 0.4) is 0 Å². The molecule has 0 nitrogen and oxygen atoms in total. The minimum absolute atomic E-state index is 0.113. The van der Waals surface area contributed by atoms with Crippen LogP contribution in [0, 0.1) is 0 Å². The SMILES string of the molecule is C=C/C=C1\C(=C/c2ccc3c(c2)C(c2ccccc2)(c2ccccc2)c2ccccc2-3)c2ccccc2C12CCCC2. The van der Waals surface area contributed by atoms with Gasteiger partial charge in [-0.25, -0.2) is 0 Å². The van der Waals surface area contributed by atoms with Gasteiger partial charge >= 0.3 is 0 Å². The number of hydrogen-bond donors (Lipinski definition) is 0. The zero-order valence-electron chi connectivity index (χ0n) is 23.9. The second kappa shape index (κ2) is 9.71. The van der Waals surface area contributed by atoms with Crippen molar-refractivity contribution in [3.8, 4) is 11.1 Å². The van der Waals surface area contributed by atoms with E-state index >= 15 is 0 Å². The molecule has 0 heteroatoms. The summed E-state index contributed by atoms with van der Waals surface area (Å²) in [6.45, 7) is 4.14. The van der Waals surface area contributed by atoms with Gasteiger partial charge < -0.3 is 0 Å². The Bertz CT molecular complexity index is 1840. The lowest BCUT2D eigenvalue weighted by Gasteiger charge is -2.34. The Morgan fingerprint density at radius 3 is 1.79 bits per heavy atom. The van der Waals surface area contributed by atoms with E-state index in [4.69, 9.17) is 0 Å². The van der Waals surface area contributed by atoms with Crippen LogP contribution in [0.2, 0.25) is 0 Å². The highest BCUT2D eigenvalue weighted by molar-refractivity contribution is 5.99. The molecule has 0 aliphatic heterocycles. The maximum absolute atomic E-state index is 4.14. The molecule has 1 spiro atoms. The third-order valence-electron chi connectivity index (χ3n) is 10.1. The van der Waals surface area contributed by atoms with E-state index in [-0.39, 0.29) is 10.8 Å². The lowest BCUT2D eigenvalue weighted by molar-refractivity contribution is 0.550. The molecule has 42 heavy (non-hydrogen) atoms. The van der Waals surface area contributed by atoms with Crippen LogP contribution < -0.4 is 0 Å². The summed E-state index contributed by atoms with van der Waals surface area (Å²) in [6.07, 6.45) is 11.7. The van der Waals surface area contributed by atoms with Gasteiger partial charge in [0.15, 0.2) is 0 Å². The molecule has 0 atom stereocenters. The number of allylic oxidation sites excluding steroid dienone is 4. The second-order valence-electron chi connectivity index (χ2n) is 12.0. The first kappa shape index (κ1) is 25.1.